The summed E-state index contributed by atoms with van der Waals surface area (Å²) in [5.74, 6) is 0. The molecule has 0 aliphatic carbocycles. The molecule has 0 aliphatic rings. The summed E-state index contributed by atoms with van der Waals surface area (Å²) in [7, 11) is 2.01. The van der Waals surface area contributed by atoms with Gasteiger partial charge in [-0.3, -0.25) is 4.68 Å². The van der Waals surface area contributed by atoms with Crippen LogP contribution in [-0.4, -0.2) is 15.8 Å². The monoisotopic (exact) mass is 277 g/mol. The predicted molar refractivity (Wildman–Crippen MR) is 81.7 cm³/mol. The number of nitrogens with zero attached hydrogens (tertiary/aromatic N) is 2. The summed E-state index contributed by atoms with van der Waals surface area (Å²) in [6.07, 6.45) is 1.08. The molecule has 0 aromatic carbocycles. The fourth-order valence-corrected chi connectivity index (χ4v) is 3.43. The van der Waals surface area contributed by atoms with E-state index in [1.54, 1.807) is 11.3 Å². The van der Waals surface area contributed by atoms with Crippen LogP contribution in [0.4, 0.5) is 0 Å². The summed E-state index contributed by atoms with van der Waals surface area (Å²) in [5, 5.41) is 12.5. The maximum atomic E-state index is 4.49. The third kappa shape index (κ3) is 3.25. The second kappa shape index (κ2) is 5.88. The van der Waals surface area contributed by atoms with E-state index in [9.17, 15) is 0 Å². The van der Waals surface area contributed by atoms with Gasteiger partial charge in [-0.1, -0.05) is 0 Å². The SMILES string of the molecule is Cc1nn(C)c(C)c1C(C)NC(C)Cc1ccsc1. The van der Waals surface area contributed by atoms with Crippen LogP contribution in [0.3, 0.4) is 0 Å². The van der Waals surface area contributed by atoms with Crippen LogP contribution in [0.15, 0.2) is 16.8 Å². The van der Waals surface area contributed by atoms with E-state index in [0.29, 0.717) is 12.1 Å². The van der Waals surface area contributed by atoms with Crippen LogP contribution < -0.4 is 5.32 Å². The fraction of sp³-hybridized carbons (Fsp3) is 0.533. The van der Waals surface area contributed by atoms with Crippen LogP contribution >= 0.6 is 11.3 Å². The van der Waals surface area contributed by atoms with E-state index < -0.39 is 0 Å². The summed E-state index contributed by atoms with van der Waals surface area (Å²) in [5.41, 5.74) is 5.12. The van der Waals surface area contributed by atoms with E-state index >= 15 is 0 Å². The molecular weight excluding hydrogens is 254 g/mol. The van der Waals surface area contributed by atoms with Crippen molar-refractivity contribution in [1.82, 2.24) is 15.1 Å². The third-order valence-electron chi connectivity index (χ3n) is 3.65. The highest BCUT2D eigenvalue weighted by Gasteiger charge is 2.17. The number of aromatic nitrogens is 2. The smallest absolute Gasteiger partial charge is 0.0644 e. The number of aryl methyl sites for hydroxylation is 2. The Bertz CT molecular complexity index is 528. The van der Waals surface area contributed by atoms with Crippen molar-refractivity contribution in [2.45, 2.75) is 46.2 Å². The Labute approximate surface area is 119 Å². The first-order chi connectivity index (χ1) is 8.99. The van der Waals surface area contributed by atoms with Crippen molar-refractivity contribution < 1.29 is 0 Å². The molecule has 2 aromatic rings. The Morgan fingerprint density at radius 2 is 2.11 bits per heavy atom. The van der Waals surface area contributed by atoms with Gasteiger partial charge in [-0.25, -0.2) is 0 Å². The van der Waals surface area contributed by atoms with Crippen LogP contribution in [0.1, 0.15) is 42.4 Å². The van der Waals surface area contributed by atoms with Gasteiger partial charge in [0.25, 0.3) is 0 Å². The molecule has 0 aliphatic heterocycles. The molecule has 2 atom stereocenters. The second-order valence-corrected chi connectivity index (χ2v) is 6.11. The quantitative estimate of drug-likeness (QED) is 0.908. The lowest BCUT2D eigenvalue weighted by atomic mass is 10.0. The summed E-state index contributed by atoms with van der Waals surface area (Å²) in [6.45, 7) is 8.69. The van der Waals surface area contributed by atoms with Gasteiger partial charge in [0.15, 0.2) is 0 Å². The number of hydrogen-bond donors (Lipinski definition) is 1. The molecule has 0 saturated carbocycles. The highest BCUT2D eigenvalue weighted by atomic mass is 32.1. The first kappa shape index (κ1) is 14.3. The topological polar surface area (TPSA) is 29.9 Å². The highest BCUT2D eigenvalue weighted by Crippen LogP contribution is 2.21. The average molecular weight is 277 g/mol. The number of hydrogen-bond acceptors (Lipinski definition) is 3. The second-order valence-electron chi connectivity index (χ2n) is 5.33. The Balaban J connectivity index is 2.02. The minimum absolute atomic E-state index is 0.335. The molecule has 2 aromatic heterocycles. The van der Waals surface area contributed by atoms with E-state index in [4.69, 9.17) is 0 Å². The molecule has 19 heavy (non-hydrogen) atoms. The zero-order chi connectivity index (χ0) is 14.0. The van der Waals surface area contributed by atoms with E-state index in [1.807, 2.05) is 11.7 Å². The largest absolute Gasteiger partial charge is 0.307 e. The summed E-state index contributed by atoms with van der Waals surface area (Å²) < 4.78 is 1.96. The summed E-state index contributed by atoms with van der Waals surface area (Å²) >= 11 is 1.76. The molecule has 3 nitrogen and oxygen atoms in total. The van der Waals surface area contributed by atoms with Crippen molar-refractivity contribution in [3.05, 3.63) is 39.3 Å². The van der Waals surface area contributed by atoms with Crippen LogP contribution in [0.2, 0.25) is 0 Å². The Morgan fingerprint density at radius 1 is 1.37 bits per heavy atom. The Morgan fingerprint density at radius 3 is 2.63 bits per heavy atom. The molecular formula is C15H23N3S. The zero-order valence-corrected chi connectivity index (χ0v) is 13.2. The zero-order valence-electron chi connectivity index (χ0n) is 12.4. The lowest BCUT2D eigenvalue weighted by Gasteiger charge is -2.20. The number of nitrogens with one attached hydrogen (secondary N) is 1. The minimum atomic E-state index is 0.335. The number of rotatable bonds is 5. The van der Waals surface area contributed by atoms with Gasteiger partial charge in [0.1, 0.15) is 0 Å². The molecule has 0 saturated heterocycles. The van der Waals surface area contributed by atoms with Crippen molar-refractivity contribution in [2.24, 2.45) is 7.05 Å². The van der Waals surface area contributed by atoms with Crippen molar-refractivity contribution in [3.63, 3.8) is 0 Å². The van der Waals surface area contributed by atoms with Gasteiger partial charge in [0.05, 0.1) is 5.69 Å². The molecule has 0 amide bonds. The van der Waals surface area contributed by atoms with Gasteiger partial charge in [0.2, 0.25) is 0 Å². The van der Waals surface area contributed by atoms with Gasteiger partial charge in [-0.05, 0) is 56.5 Å². The van der Waals surface area contributed by atoms with Gasteiger partial charge >= 0.3 is 0 Å². The minimum Gasteiger partial charge on any atom is -0.307 e. The lowest BCUT2D eigenvalue weighted by Crippen LogP contribution is -2.31. The van der Waals surface area contributed by atoms with Crippen molar-refractivity contribution >= 4 is 11.3 Å². The highest BCUT2D eigenvalue weighted by molar-refractivity contribution is 7.07. The lowest BCUT2D eigenvalue weighted by molar-refractivity contribution is 0.474. The van der Waals surface area contributed by atoms with Gasteiger partial charge in [0, 0.05) is 30.4 Å². The van der Waals surface area contributed by atoms with Gasteiger partial charge < -0.3 is 5.32 Å². The molecule has 0 radical (unpaired) electrons. The molecule has 2 unspecified atom stereocenters. The Hall–Kier alpha value is -1.13. The van der Waals surface area contributed by atoms with Crippen molar-refractivity contribution in [3.8, 4) is 0 Å². The molecule has 0 bridgehead atoms. The van der Waals surface area contributed by atoms with E-state index in [1.165, 1.54) is 16.8 Å². The van der Waals surface area contributed by atoms with Crippen LogP contribution in [0.5, 0.6) is 0 Å². The molecule has 2 heterocycles. The molecule has 104 valence electrons. The van der Waals surface area contributed by atoms with Crippen LogP contribution in [0.25, 0.3) is 0 Å². The van der Waals surface area contributed by atoms with Crippen molar-refractivity contribution in [2.75, 3.05) is 0 Å². The van der Waals surface area contributed by atoms with Crippen LogP contribution in [0, 0.1) is 13.8 Å². The van der Waals surface area contributed by atoms with Gasteiger partial charge in [-0.15, -0.1) is 0 Å². The third-order valence-corrected chi connectivity index (χ3v) is 4.39. The van der Waals surface area contributed by atoms with E-state index in [2.05, 4.69) is 54.9 Å². The van der Waals surface area contributed by atoms with Crippen LogP contribution in [-0.2, 0) is 13.5 Å². The van der Waals surface area contributed by atoms with Crippen molar-refractivity contribution in [1.29, 1.82) is 0 Å². The van der Waals surface area contributed by atoms with E-state index in [-0.39, 0.29) is 0 Å². The molecule has 4 heteroatoms. The molecule has 0 fully saturated rings. The summed E-state index contributed by atoms with van der Waals surface area (Å²) in [4.78, 5) is 0. The maximum absolute atomic E-state index is 4.49. The maximum Gasteiger partial charge on any atom is 0.0644 e. The first-order valence-corrected chi connectivity index (χ1v) is 7.70. The fourth-order valence-electron chi connectivity index (χ4n) is 2.75. The summed E-state index contributed by atoms with van der Waals surface area (Å²) in [6, 6.07) is 3.00. The molecule has 2 rings (SSSR count). The predicted octanol–water partition coefficient (Wildman–Crippen LogP) is 3.38. The Kier molecular flexibility index (Phi) is 4.42. The average Bonchev–Trinajstić information content (AvgIpc) is 2.88. The normalized spacial score (nSPS) is 14.6. The molecule has 1 N–H and O–H groups in total. The molecule has 0 spiro atoms. The first-order valence-electron chi connectivity index (χ1n) is 6.76. The number of thiophene rings is 1. The van der Waals surface area contributed by atoms with E-state index in [0.717, 1.165) is 12.1 Å². The van der Waals surface area contributed by atoms with Gasteiger partial charge in [-0.2, -0.15) is 16.4 Å². The standard InChI is InChI=1S/C15H23N3S/c1-10(8-14-6-7-19-9-14)16-11(2)15-12(3)17-18(5)13(15)4/h6-7,9-11,16H,8H2,1-5H3.